The van der Waals surface area contributed by atoms with Crippen molar-refractivity contribution in [3.05, 3.63) is 59.4 Å². The zero-order valence-electron chi connectivity index (χ0n) is 13.2. The van der Waals surface area contributed by atoms with E-state index >= 15 is 0 Å². The number of carbonyl (C=O) groups is 2. The third-order valence-electron chi connectivity index (χ3n) is 3.15. The number of rotatable bonds is 7. The molecule has 1 heterocycles. The molecular formula is C17H18ClN3O3. The summed E-state index contributed by atoms with van der Waals surface area (Å²) in [6, 6.07) is 10.0. The van der Waals surface area contributed by atoms with Crippen LogP contribution < -0.4 is 15.4 Å². The lowest BCUT2D eigenvalue weighted by molar-refractivity contribution is -0.127. The summed E-state index contributed by atoms with van der Waals surface area (Å²) < 4.78 is 5.51. The van der Waals surface area contributed by atoms with Crippen molar-refractivity contribution in [1.29, 1.82) is 0 Å². The fraction of sp³-hybridized carbons (Fsp3) is 0.235. The molecule has 0 spiro atoms. The van der Waals surface area contributed by atoms with Crippen molar-refractivity contribution in [2.24, 2.45) is 0 Å². The summed E-state index contributed by atoms with van der Waals surface area (Å²) in [7, 11) is 0. The number of ether oxygens (including phenoxy) is 1. The van der Waals surface area contributed by atoms with E-state index in [0.717, 1.165) is 0 Å². The maximum absolute atomic E-state index is 11.9. The van der Waals surface area contributed by atoms with Gasteiger partial charge in [-0.05, 0) is 43.3 Å². The van der Waals surface area contributed by atoms with Crippen LogP contribution in [0.1, 0.15) is 17.3 Å². The highest BCUT2D eigenvalue weighted by Crippen LogP contribution is 2.16. The lowest BCUT2D eigenvalue weighted by Crippen LogP contribution is -2.40. The molecule has 1 aromatic carbocycles. The first-order valence-electron chi connectivity index (χ1n) is 7.44. The molecule has 24 heavy (non-hydrogen) atoms. The van der Waals surface area contributed by atoms with E-state index in [1.54, 1.807) is 55.7 Å². The molecule has 0 radical (unpaired) electrons. The molecule has 2 rings (SSSR count). The molecule has 126 valence electrons. The van der Waals surface area contributed by atoms with Gasteiger partial charge in [0.25, 0.3) is 11.8 Å². The van der Waals surface area contributed by atoms with Crippen LogP contribution in [0.4, 0.5) is 0 Å². The van der Waals surface area contributed by atoms with Crippen molar-refractivity contribution in [1.82, 2.24) is 15.6 Å². The van der Waals surface area contributed by atoms with Crippen LogP contribution in [0.3, 0.4) is 0 Å². The van der Waals surface area contributed by atoms with Crippen molar-refractivity contribution in [2.75, 3.05) is 13.1 Å². The zero-order valence-corrected chi connectivity index (χ0v) is 13.9. The van der Waals surface area contributed by atoms with Crippen molar-refractivity contribution in [2.45, 2.75) is 13.0 Å². The molecule has 0 aliphatic rings. The van der Waals surface area contributed by atoms with Gasteiger partial charge in [-0.15, -0.1) is 0 Å². The monoisotopic (exact) mass is 347 g/mol. The van der Waals surface area contributed by atoms with Gasteiger partial charge in [-0.1, -0.05) is 11.6 Å². The lowest BCUT2D eigenvalue weighted by Gasteiger charge is -2.15. The Labute approximate surface area is 145 Å². The van der Waals surface area contributed by atoms with Gasteiger partial charge in [0.15, 0.2) is 6.10 Å². The molecule has 1 aromatic heterocycles. The Morgan fingerprint density at radius 2 is 1.71 bits per heavy atom. The van der Waals surface area contributed by atoms with E-state index < -0.39 is 6.10 Å². The number of pyridine rings is 1. The molecular weight excluding hydrogens is 330 g/mol. The molecule has 0 saturated carbocycles. The predicted molar refractivity (Wildman–Crippen MR) is 91.1 cm³/mol. The Morgan fingerprint density at radius 1 is 1.08 bits per heavy atom. The van der Waals surface area contributed by atoms with Crippen molar-refractivity contribution >= 4 is 23.4 Å². The van der Waals surface area contributed by atoms with E-state index in [0.29, 0.717) is 29.4 Å². The molecule has 0 saturated heterocycles. The Kier molecular flexibility index (Phi) is 6.57. The first kappa shape index (κ1) is 17.7. The molecule has 2 aromatic rings. The minimum Gasteiger partial charge on any atom is -0.481 e. The molecule has 1 unspecified atom stereocenters. The quantitative estimate of drug-likeness (QED) is 0.751. The zero-order chi connectivity index (χ0) is 17.4. The second-order valence-electron chi connectivity index (χ2n) is 5.00. The third-order valence-corrected chi connectivity index (χ3v) is 3.40. The molecule has 6 nitrogen and oxygen atoms in total. The van der Waals surface area contributed by atoms with Crippen molar-refractivity contribution in [3.63, 3.8) is 0 Å². The van der Waals surface area contributed by atoms with Crippen LogP contribution in [0.5, 0.6) is 5.75 Å². The molecule has 0 fully saturated rings. The Morgan fingerprint density at radius 3 is 2.38 bits per heavy atom. The maximum atomic E-state index is 11.9. The highest BCUT2D eigenvalue weighted by Gasteiger charge is 2.14. The standard InChI is InChI=1S/C17H18ClN3O3/c1-12(24-15-4-2-14(18)3-5-15)16(22)20-10-11-21-17(23)13-6-8-19-9-7-13/h2-9,12H,10-11H2,1H3,(H,20,22)(H,21,23). The Bertz CT molecular complexity index is 677. The number of halogens is 1. The molecule has 2 N–H and O–H groups in total. The first-order chi connectivity index (χ1) is 11.6. The van der Waals surface area contributed by atoms with Crippen LogP contribution in [-0.2, 0) is 4.79 Å². The smallest absolute Gasteiger partial charge is 0.260 e. The SMILES string of the molecule is CC(Oc1ccc(Cl)cc1)C(=O)NCCNC(=O)c1ccncc1. The number of carbonyl (C=O) groups excluding carboxylic acids is 2. The minimum absolute atomic E-state index is 0.211. The van der Waals surface area contributed by atoms with Crippen LogP contribution in [0, 0.1) is 0 Å². The van der Waals surface area contributed by atoms with E-state index in [-0.39, 0.29) is 11.8 Å². The van der Waals surface area contributed by atoms with Gasteiger partial charge in [-0.3, -0.25) is 14.6 Å². The molecule has 1 atom stereocenters. The van der Waals surface area contributed by atoms with E-state index in [1.165, 1.54) is 0 Å². The third kappa shape index (κ3) is 5.55. The number of hydrogen-bond acceptors (Lipinski definition) is 4. The van der Waals surface area contributed by atoms with Gasteiger partial charge >= 0.3 is 0 Å². The summed E-state index contributed by atoms with van der Waals surface area (Å²) in [5.41, 5.74) is 0.524. The highest BCUT2D eigenvalue weighted by molar-refractivity contribution is 6.30. The number of benzene rings is 1. The van der Waals surface area contributed by atoms with Gasteiger partial charge in [0, 0.05) is 36.1 Å². The topological polar surface area (TPSA) is 80.3 Å². The summed E-state index contributed by atoms with van der Waals surface area (Å²) in [4.78, 5) is 27.6. The second kappa shape index (κ2) is 8.88. The Balaban J connectivity index is 1.69. The number of nitrogens with one attached hydrogen (secondary N) is 2. The lowest BCUT2D eigenvalue weighted by atomic mass is 10.2. The summed E-state index contributed by atoms with van der Waals surface area (Å²) in [5.74, 6) is 0.0910. The van der Waals surface area contributed by atoms with Gasteiger partial charge in [0.1, 0.15) is 5.75 Å². The summed E-state index contributed by atoms with van der Waals surface area (Å²) >= 11 is 5.79. The average Bonchev–Trinajstić information content (AvgIpc) is 2.61. The molecule has 0 aliphatic heterocycles. The maximum Gasteiger partial charge on any atom is 0.260 e. The largest absolute Gasteiger partial charge is 0.481 e. The number of nitrogens with zero attached hydrogens (tertiary/aromatic N) is 1. The number of hydrogen-bond donors (Lipinski definition) is 2. The van der Waals surface area contributed by atoms with E-state index in [4.69, 9.17) is 16.3 Å². The average molecular weight is 348 g/mol. The van der Waals surface area contributed by atoms with Crippen LogP contribution in [0.15, 0.2) is 48.8 Å². The van der Waals surface area contributed by atoms with Crippen LogP contribution >= 0.6 is 11.6 Å². The van der Waals surface area contributed by atoms with Crippen molar-refractivity contribution in [3.8, 4) is 5.75 Å². The normalized spacial score (nSPS) is 11.4. The molecule has 0 aliphatic carbocycles. The van der Waals surface area contributed by atoms with Gasteiger partial charge < -0.3 is 15.4 Å². The first-order valence-corrected chi connectivity index (χ1v) is 7.82. The molecule has 2 amide bonds. The van der Waals surface area contributed by atoms with E-state index in [9.17, 15) is 9.59 Å². The van der Waals surface area contributed by atoms with Crippen LogP contribution in [-0.4, -0.2) is 36.0 Å². The van der Waals surface area contributed by atoms with Crippen molar-refractivity contribution < 1.29 is 14.3 Å². The Hall–Kier alpha value is -2.60. The van der Waals surface area contributed by atoms with Crippen LogP contribution in [0.25, 0.3) is 0 Å². The number of amides is 2. The van der Waals surface area contributed by atoms with Gasteiger partial charge in [-0.25, -0.2) is 0 Å². The van der Waals surface area contributed by atoms with Gasteiger partial charge in [0.2, 0.25) is 0 Å². The highest BCUT2D eigenvalue weighted by atomic mass is 35.5. The van der Waals surface area contributed by atoms with Crippen LogP contribution in [0.2, 0.25) is 5.02 Å². The van der Waals surface area contributed by atoms with E-state index in [1.807, 2.05) is 0 Å². The summed E-state index contributed by atoms with van der Waals surface area (Å²) in [5, 5.41) is 6.02. The summed E-state index contributed by atoms with van der Waals surface area (Å²) in [6.45, 7) is 2.28. The minimum atomic E-state index is -0.651. The fourth-order valence-electron chi connectivity index (χ4n) is 1.88. The van der Waals surface area contributed by atoms with Gasteiger partial charge in [0.05, 0.1) is 0 Å². The fourth-order valence-corrected chi connectivity index (χ4v) is 2.01. The molecule has 7 heteroatoms. The number of aromatic nitrogens is 1. The summed E-state index contributed by atoms with van der Waals surface area (Å²) in [6.07, 6.45) is 2.45. The van der Waals surface area contributed by atoms with E-state index in [2.05, 4.69) is 15.6 Å². The second-order valence-corrected chi connectivity index (χ2v) is 5.43. The van der Waals surface area contributed by atoms with Gasteiger partial charge in [-0.2, -0.15) is 0 Å². The predicted octanol–water partition coefficient (Wildman–Crippen LogP) is 2.05. The molecule has 0 bridgehead atoms.